The molecule has 7 heteroatoms. The third-order valence-corrected chi connectivity index (χ3v) is 3.71. The molecular formula is C13H24N4O3. The molecule has 1 atom stereocenters. The number of hydrogen-bond acceptors (Lipinski definition) is 5. The summed E-state index contributed by atoms with van der Waals surface area (Å²) in [6.45, 7) is 8.64. The van der Waals surface area contributed by atoms with Crippen LogP contribution in [0.1, 0.15) is 40.5 Å². The number of nitrogens with one attached hydrogen (secondary N) is 1. The summed E-state index contributed by atoms with van der Waals surface area (Å²) >= 11 is 0. The van der Waals surface area contributed by atoms with E-state index in [4.69, 9.17) is 15.0 Å². The van der Waals surface area contributed by atoms with Gasteiger partial charge in [-0.2, -0.15) is 0 Å². The van der Waals surface area contributed by atoms with E-state index >= 15 is 0 Å². The molecule has 0 aromatic rings. The first-order valence-corrected chi connectivity index (χ1v) is 6.75. The van der Waals surface area contributed by atoms with E-state index in [1.54, 1.807) is 0 Å². The Bertz CT molecular complexity index is 416. The molecule has 0 amide bonds. The maximum absolute atomic E-state index is 12.3. The molecule has 0 spiro atoms. The van der Waals surface area contributed by atoms with Gasteiger partial charge in [-0.05, 0) is 46.2 Å². The highest BCUT2D eigenvalue weighted by atomic mass is 16.6. The molecule has 1 saturated heterocycles. The van der Waals surface area contributed by atoms with Crippen molar-refractivity contribution in [2.24, 2.45) is 5.11 Å². The second-order valence-corrected chi connectivity index (χ2v) is 6.18. The summed E-state index contributed by atoms with van der Waals surface area (Å²) in [5, 5.41) is 6.75. The van der Waals surface area contributed by atoms with E-state index in [9.17, 15) is 4.79 Å². The fraction of sp³-hybridized carbons (Fsp3) is 0.923. The number of carbonyl (C=O) groups is 1. The van der Waals surface area contributed by atoms with Gasteiger partial charge >= 0.3 is 5.97 Å². The van der Waals surface area contributed by atoms with Crippen LogP contribution in [0.15, 0.2) is 5.11 Å². The summed E-state index contributed by atoms with van der Waals surface area (Å²) in [7, 11) is 1.38. The molecule has 0 aliphatic carbocycles. The Hall–Kier alpha value is -1.30. The maximum atomic E-state index is 12.3. The van der Waals surface area contributed by atoms with Crippen molar-refractivity contribution in [2.45, 2.75) is 57.3 Å². The molecule has 1 rings (SSSR count). The molecule has 7 nitrogen and oxygen atoms in total. The zero-order chi connectivity index (χ0) is 15.4. The van der Waals surface area contributed by atoms with E-state index < -0.39 is 16.7 Å². The van der Waals surface area contributed by atoms with E-state index in [0.29, 0.717) is 25.9 Å². The normalized spacial score (nSPS) is 26.9. The minimum atomic E-state index is -0.887. The number of esters is 1. The molecule has 1 aliphatic heterocycles. The van der Waals surface area contributed by atoms with Gasteiger partial charge in [0.05, 0.1) is 18.3 Å². The minimum Gasteiger partial charge on any atom is -0.468 e. The average molecular weight is 284 g/mol. The van der Waals surface area contributed by atoms with Crippen molar-refractivity contribution >= 4 is 5.97 Å². The SMILES string of the molecule is COC(=O)C1(NCCCN=[N+]=[N-])CC(C)(C)OC1(C)C. The van der Waals surface area contributed by atoms with Gasteiger partial charge in [-0.25, -0.2) is 4.79 Å². The second-order valence-electron chi connectivity index (χ2n) is 6.18. The highest BCUT2D eigenvalue weighted by Gasteiger charge is 2.62. The lowest BCUT2D eigenvalue weighted by molar-refractivity contribution is -0.157. The van der Waals surface area contributed by atoms with Crippen LogP contribution in [0.2, 0.25) is 0 Å². The monoisotopic (exact) mass is 284 g/mol. The van der Waals surface area contributed by atoms with Crippen molar-refractivity contribution in [3.05, 3.63) is 10.4 Å². The molecule has 1 aliphatic rings. The van der Waals surface area contributed by atoms with Crippen molar-refractivity contribution in [3.63, 3.8) is 0 Å². The zero-order valence-corrected chi connectivity index (χ0v) is 12.9. The molecule has 1 heterocycles. The van der Waals surface area contributed by atoms with Crippen LogP contribution in [-0.2, 0) is 14.3 Å². The topological polar surface area (TPSA) is 96.3 Å². The Morgan fingerprint density at radius 1 is 1.45 bits per heavy atom. The van der Waals surface area contributed by atoms with E-state index in [0.717, 1.165) is 0 Å². The number of azide groups is 1. The third kappa shape index (κ3) is 3.23. The lowest BCUT2D eigenvalue weighted by atomic mass is 9.79. The molecule has 0 bridgehead atoms. The largest absolute Gasteiger partial charge is 0.468 e. The van der Waals surface area contributed by atoms with Gasteiger partial charge in [0.1, 0.15) is 5.54 Å². The molecule has 1 unspecified atom stereocenters. The summed E-state index contributed by atoms with van der Waals surface area (Å²) in [5.41, 5.74) is 6.28. The Kier molecular flexibility index (Phi) is 5.02. The van der Waals surface area contributed by atoms with Gasteiger partial charge in [-0.15, -0.1) is 0 Å². The lowest BCUT2D eigenvalue weighted by Gasteiger charge is -2.37. The number of ether oxygens (including phenoxy) is 2. The zero-order valence-electron chi connectivity index (χ0n) is 12.9. The molecule has 114 valence electrons. The average Bonchev–Trinajstić information content (AvgIpc) is 2.53. The van der Waals surface area contributed by atoms with Crippen LogP contribution in [0.3, 0.4) is 0 Å². The number of methoxy groups -OCH3 is 1. The number of nitrogens with zero attached hydrogens (tertiary/aromatic N) is 3. The molecule has 20 heavy (non-hydrogen) atoms. The number of rotatable bonds is 6. The second kappa shape index (κ2) is 5.99. The predicted octanol–water partition coefficient (Wildman–Crippen LogP) is 2.17. The van der Waals surface area contributed by atoms with Crippen LogP contribution in [0.25, 0.3) is 10.4 Å². The fourth-order valence-corrected chi connectivity index (χ4v) is 3.00. The molecule has 0 aromatic carbocycles. The van der Waals surface area contributed by atoms with Crippen LogP contribution >= 0.6 is 0 Å². The summed E-state index contributed by atoms with van der Waals surface area (Å²) in [4.78, 5) is 15.0. The molecule has 1 N–H and O–H groups in total. The molecule has 0 radical (unpaired) electrons. The molecule has 0 aromatic heterocycles. The number of carbonyl (C=O) groups excluding carboxylic acids is 1. The van der Waals surface area contributed by atoms with Gasteiger partial charge in [0.2, 0.25) is 0 Å². The van der Waals surface area contributed by atoms with Crippen molar-refractivity contribution < 1.29 is 14.3 Å². The van der Waals surface area contributed by atoms with Gasteiger partial charge in [0.25, 0.3) is 0 Å². The van der Waals surface area contributed by atoms with E-state index in [1.807, 2.05) is 27.7 Å². The van der Waals surface area contributed by atoms with Crippen molar-refractivity contribution in [3.8, 4) is 0 Å². The molecule has 0 saturated carbocycles. The van der Waals surface area contributed by atoms with Crippen LogP contribution in [-0.4, -0.2) is 42.9 Å². The first-order chi connectivity index (χ1) is 9.21. The Balaban J connectivity index is 2.88. The predicted molar refractivity (Wildman–Crippen MR) is 75.2 cm³/mol. The number of hydrogen-bond donors (Lipinski definition) is 1. The van der Waals surface area contributed by atoms with Crippen molar-refractivity contribution in [1.29, 1.82) is 0 Å². The highest BCUT2D eigenvalue weighted by Crippen LogP contribution is 2.45. The van der Waals surface area contributed by atoms with E-state index in [1.165, 1.54) is 7.11 Å². The van der Waals surface area contributed by atoms with Crippen LogP contribution < -0.4 is 5.32 Å². The molecular weight excluding hydrogens is 260 g/mol. The van der Waals surface area contributed by atoms with Crippen molar-refractivity contribution in [1.82, 2.24) is 5.32 Å². The van der Waals surface area contributed by atoms with Gasteiger partial charge in [0.15, 0.2) is 0 Å². The van der Waals surface area contributed by atoms with Gasteiger partial charge in [-0.3, -0.25) is 5.32 Å². The third-order valence-electron chi connectivity index (χ3n) is 3.71. The summed E-state index contributed by atoms with van der Waals surface area (Å²) in [5.74, 6) is -0.322. The van der Waals surface area contributed by atoms with Gasteiger partial charge < -0.3 is 9.47 Å². The molecule has 1 fully saturated rings. The smallest absolute Gasteiger partial charge is 0.329 e. The van der Waals surface area contributed by atoms with Crippen LogP contribution in [0.4, 0.5) is 0 Å². The quantitative estimate of drug-likeness (QED) is 0.266. The van der Waals surface area contributed by atoms with Crippen LogP contribution in [0.5, 0.6) is 0 Å². The lowest BCUT2D eigenvalue weighted by Crippen LogP contribution is -2.63. The maximum Gasteiger partial charge on any atom is 0.329 e. The highest BCUT2D eigenvalue weighted by molar-refractivity contribution is 5.83. The van der Waals surface area contributed by atoms with Crippen LogP contribution in [0, 0.1) is 0 Å². The summed E-state index contributed by atoms with van der Waals surface area (Å²) in [6.07, 6.45) is 1.18. The minimum absolute atomic E-state index is 0.322. The fourth-order valence-electron chi connectivity index (χ4n) is 3.00. The summed E-state index contributed by atoms with van der Waals surface area (Å²) in [6, 6.07) is 0. The van der Waals surface area contributed by atoms with Gasteiger partial charge in [-0.1, -0.05) is 5.11 Å². The Labute approximate surface area is 119 Å². The first-order valence-electron chi connectivity index (χ1n) is 6.75. The summed E-state index contributed by atoms with van der Waals surface area (Å²) < 4.78 is 11.0. The Morgan fingerprint density at radius 3 is 2.55 bits per heavy atom. The van der Waals surface area contributed by atoms with E-state index in [-0.39, 0.29) is 5.97 Å². The standard InChI is InChI=1S/C13H24N4O3/c1-11(2)9-13(10(18)19-5,12(3,4)20-11)15-7-6-8-16-17-14/h15H,6-9H2,1-5H3. The van der Waals surface area contributed by atoms with Gasteiger partial charge in [0, 0.05) is 17.9 Å². The first kappa shape index (κ1) is 16.8. The Morgan fingerprint density at radius 2 is 2.10 bits per heavy atom. The van der Waals surface area contributed by atoms with E-state index in [2.05, 4.69) is 15.3 Å². The van der Waals surface area contributed by atoms with Crippen molar-refractivity contribution in [2.75, 3.05) is 20.2 Å².